The lowest BCUT2D eigenvalue weighted by Gasteiger charge is -2.52. The molecule has 3 N–H and O–H groups in total. The zero-order valence-electron chi connectivity index (χ0n) is 19.0. The van der Waals surface area contributed by atoms with Crippen LogP contribution in [0.4, 0.5) is 5.82 Å². The van der Waals surface area contributed by atoms with Gasteiger partial charge in [0.1, 0.15) is 5.60 Å². The molecule has 3 saturated heterocycles. The lowest BCUT2D eigenvalue weighted by atomic mass is 9.65. The summed E-state index contributed by atoms with van der Waals surface area (Å²) in [6, 6.07) is 8.38. The van der Waals surface area contributed by atoms with E-state index in [2.05, 4.69) is 27.2 Å². The average Bonchev–Trinajstić information content (AvgIpc) is 3.57. The van der Waals surface area contributed by atoms with Crippen LogP contribution in [0.1, 0.15) is 30.6 Å². The number of hydrogen-bond acceptors (Lipinski definition) is 8. The molecule has 0 unspecified atom stereocenters. The fraction of sp³-hybridized carbons (Fsp3) is 0.480. The highest BCUT2D eigenvalue weighted by Gasteiger charge is 2.50. The highest BCUT2D eigenvalue weighted by molar-refractivity contribution is 7.19. The second-order valence-electron chi connectivity index (χ2n) is 9.92. The van der Waals surface area contributed by atoms with E-state index < -0.39 is 0 Å². The van der Waals surface area contributed by atoms with Gasteiger partial charge in [-0.2, -0.15) is 5.10 Å². The van der Waals surface area contributed by atoms with Crippen LogP contribution in [0.5, 0.6) is 0 Å². The maximum absolute atomic E-state index is 6.56. The molecule has 1 aliphatic carbocycles. The van der Waals surface area contributed by atoms with Crippen LogP contribution in [0.3, 0.4) is 0 Å². The molecule has 2 bridgehead atoms. The number of aromatic amines is 1. The molecule has 34 heavy (non-hydrogen) atoms. The Balaban J connectivity index is 1.38. The van der Waals surface area contributed by atoms with Crippen molar-refractivity contribution in [3.05, 3.63) is 35.3 Å². The minimum absolute atomic E-state index is 0.174. The molecular weight excluding hydrogens is 448 g/mol. The van der Waals surface area contributed by atoms with Crippen molar-refractivity contribution >= 4 is 38.3 Å². The smallest absolute Gasteiger partial charge is 0.162 e. The van der Waals surface area contributed by atoms with Crippen LogP contribution in [0.15, 0.2) is 30.5 Å². The van der Waals surface area contributed by atoms with E-state index in [0.29, 0.717) is 19.8 Å². The van der Waals surface area contributed by atoms with Gasteiger partial charge in [0.2, 0.25) is 0 Å². The molecule has 0 amide bonds. The first kappa shape index (κ1) is 20.8. The van der Waals surface area contributed by atoms with Gasteiger partial charge in [0, 0.05) is 40.9 Å². The van der Waals surface area contributed by atoms with Crippen molar-refractivity contribution in [2.24, 2.45) is 11.1 Å². The number of ether oxygens (including phenoxy) is 2. The molecule has 6 heterocycles. The summed E-state index contributed by atoms with van der Waals surface area (Å²) in [5.41, 5.74) is 9.04. The Morgan fingerprint density at radius 3 is 2.74 bits per heavy atom. The molecule has 4 aliphatic rings. The number of hydrogen-bond donors (Lipinski definition) is 2. The Bertz CT molecular complexity index is 1350. The summed E-state index contributed by atoms with van der Waals surface area (Å²) < 4.78 is 13.3. The first-order valence-electron chi connectivity index (χ1n) is 12.1. The van der Waals surface area contributed by atoms with Crippen molar-refractivity contribution in [3.8, 4) is 11.4 Å². The molecule has 3 aromatic heterocycles. The normalized spacial score (nSPS) is 27.1. The van der Waals surface area contributed by atoms with E-state index >= 15 is 0 Å². The lowest BCUT2D eigenvalue weighted by Crippen LogP contribution is -2.51. The number of H-pyrrole nitrogens is 1. The third-order valence-electron chi connectivity index (χ3n) is 8.05. The summed E-state index contributed by atoms with van der Waals surface area (Å²) in [4.78, 5) is 13.8. The Hall–Kier alpha value is -2.59. The standard InChI is InChI=1S/C25H28N6O2S/c26-14-24-4-6-25(7-5-24,33-15-24)20-12-19-21(34-20)23(31-8-10-32-11-9-31)29-22(28-19)16-2-1-3-18-17(16)13-27-30-18/h1-3,12-13H,4-11,14-15,26H2,(H,27,30). The van der Waals surface area contributed by atoms with Crippen molar-refractivity contribution in [1.82, 2.24) is 20.2 Å². The Kier molecular flexibility index (Phi) is 4.71. The minimum atomic E-state index is -0.213. The van der Waals surface area contributed by atoms with Crippen LogP contribution in [0.25, 0.3) is 32.5 Å². The quantitative estimate of drug-likeness (QED) is 0.462. The maximum atomic E-state index is 6.56. The second-order valence-corrected chi connectivity index (χ2v) is 11.0. The van der Waals surface area contributed by atoms with E-state index in [1.807, 2.05) is 18.3 Å². The van der Waals surface area contributed by atoms with Crippen LogP contribution < -0.4 is 10.6 Å². The van der Waals surface area contributed by atoms with Gasteiger partial charge in [0.25, 0.3) is 0 Å². The summed E-state index contributed by atoms with van der Waals surface area (Å²) >= 11 is 1.81. The van der Waals surface area contributed by atoms with Gasteiger partial charge in [0.15, 0.2) is 11.6 Å². The van der Waals surface area contributed by atoms with Crippen molar-refractivity contribution in [2.75, 3.05) is 44.4 Å². The van der Waals surface area contributed by atoms with Gasteiger partial charge in [-0.05, 0) is 37.8 Å². The molecule has 8 rings (SSSR count). The molecule has 1 saturated carbocycles. The molecule has 176 valence electrons. The van der Waals surface area contributed by atoms with E-state index in [1.165, 1.54) is 4.88 Å². The molecule has 0 atom stereocenters. The van der Waals surface area contributed by atoms with Gasteiger partial charge in [-0.3, -0.25) is 5.10 Å². The number of fused-ring (bicyclic) bond motifs is 5. The monoisotopic (exact) mass is 476 g/mol. The highest BCUT2D eigenvalue weighted by atomic mass is 32.1. The van der Waals surface area contributed by atoms with Gasteiger partial charge in [-0.15, -0.1) is 11.3 Å². The van der Waals surface area contributed by atoms with E-state index in [4.69, 9.17) is 25.2 Å². The molecule has 4 aromatic rings. The number of morpholine rings is 1. The zero-order chi connectivity index (χ0) is 22.8. The van der Waals surface area contributed by atoms with Gasteiger partial charge in [-0.1, -0.05) is 12.1 Å². The largest absolute Gasteiger partial charge is 0.378 e. The Morgan fingerprint density at radius 1 is 1.12 bits per heavy atom. The van der Waals surface area contributed by atoms with Crippen LogP contribution in [0.2, 0.25) is 0 Å². The minimum Gasteiger partial charge on any atom is -0.378 e. The second kappa shape index (κ2) is 7.71. The van der Waals surface area contributed by atoms with Gasteiger partial charge in [-0.25, -0.2) is 9.97 Å². The summed E-state index contributed by atoms with van der Waals surface area (Å²) in [6.45, 7) is 4.55. The van der Waals surface area contributed by atoms with Crippen LogP contribution in [0, 0.1) is 5.41 Å². The number of benzene rings is 1. The number of thiophene rings is 1. The fourth-order valence-electron chi connectivity index (χ4n) is 5.76. The van der Waals surface area contributed by atoms with Crippen LogP contribution >= 0.6 is 11.3 Å². The van der Waals surface area contributed by atoms with Crippen molar-refractivity contribution < 1.29 is 9.47 Å². The topological polar surface area (TPSA) is 102 Å². The SMILES string of the molecule is NCC12CCC(c3cc4nc(-c5cccc6[nH]ncc56)nc(N5CCOCC5)c4s3)(CC1)OC2. The molecule has 1 aromatic carbocycles. The summed E-state index contributed by atoms with van der Waals surface area (Å²) in [7, 11) is 0. The van der Waals surface area contributed by atoms with Crippen molar-refractivity contribution in [2.45, 2.75) is 31.3 Å². The lowest BCUT2D eigenvalue weighted by molar-refractivity contribution is -0.184. The third kappa shape index (κ3) is 3.11. The first-order chi connectivity index (χ1) is 16.7. The number of rotatable bonds is 4. The molecule has 3 aliphatic heterocycles. The molecule has 8 nitrogen and oxygen atoms in total. The zero-order valence-corrected chi connectivity index (χ0v) is 19.9. The maximum Gasteiger partial charge on any atom is 0.162 e. The molecule has 0 radical (unpaired) electrons. The Labute approximate surface area is 201 Å². The number of nitrogens with zero attached hydrogens (tertiary/aromatic N) is 4. The van der Waals surface area contributed by atoms with Crippen molar-refractivity contribution in [1.29, 1.82) is 0 Å². The van der Waals surface area contributed by atoms with E-state index in [0.717, 1.165) is 83.7 Å². The Morgan fingerprint density at radius 2 is 1.97 bits per heavy atom. The average molecular weight is 477 g/mol. The van der Waals surface area contributed by atoms with E-state index in [9.17, 15) is 0 Å². The van der Waals surface area contributed by atoms with Crippen molar-refractivity contribution in [3.63, 3.8) is 0 Å². The van der Waals surface area contributed by atoms with Gasteiger partial charge >= 0.3 is 0 Å². The van der Waals surface area contributed by atoms with E-state index in [1.54, 1.807) is 11.3 Å². The summed E-state index contributed by atoms with van der Waals surface area (Å²) in [6.07, 6.45) is 6.17. The third-order valence-corrected chi connectivity index (χ3v) is 9.35. The fourth-order valence-corrected chi connectivity index (χ4v) is 7.07. The summed E-state index contributed by atoms with van der Waals surface area (Å²) in [5.74, 6) is 1.73. The molecule has 4 fully saturated rings. The number of anilines is 1. The predicted octanol–water partition coefficient (Wildman–Crippen LogP) is 3.82. The predicted molar refractivity (Wildman–Crippen MR) is 133 cm³/mol. The molecule has 9 heteroatoms. The molecular formula is C25H28N6O2S. The highest BCUT2D eigenvalue weighted by Crippen LogP contribution is 2.55. The molecule has 0 spiro atoms. The van der Waals surface area contributed by atoms with Crippen LogP contribution in [-0.4, -0.2) is 59.6 Å². The first-order valence-corrected chi connectivity index (χ1v) is 12.9. The van der Waals surface area contributed by atoms with Gasteiger partial charge < -0.3 is 20.1 Å². The van der Waals surface area contributed by atoms with Gasteiger partial charge in [0.05, 0.1) is 41.8 Å². The number of nitrogens with one attached hydrogen (secondary N) is 1. The van der Waals surface area contributed by atoms with Crippen LogP contribution in [-0.2, 0) is 15.1 Å². The summed E-state index contributed by atoms with van der Waals surface area (Å²) in [5, 5.41) is 8.33. The number of nitrogens with two attached hydrogens (primary N) is 1. The number of aromatic nitrogens is 4. The van der Waals surface area contributed by atoms with E-state index in [-0.39, 0.29) is 11.0 Å².